The van der Waals surface area contributed by atoms with Gasteiger partial charge in [-0.05, 0) is 49.0 Å². The van der Waals surface area contributed by atoms with Crippen LogP contribution < -0.4 is 14.5 Å². The number of likely N-dealkylation sites (N-methyl/N-ethyl adjacent to an activating group) is 1. The van der Waals surface area contributed by atoms with Crippen molar-refractivity contribution in [1.29, 1.82) is 5.26 Å². The lowest BCUT2D eigenvalue weighted by molar-refractivity contribution is -0.114. The first-order valence-electron chi connectivity index (χ1n) is 12.6. The molecule has 0 spiro atoms. The van der Waals surface area contributed by atoms with Gasteiger partial charge in [0.2, 0.25) is 0 Å². The number of amides is 1. The fraction of sp³-hybridized carbons (Fsp3) is 0.241. The molecule has 2 aliphatic rings. The number of nitrogens with zero attached hydrogens (tertiary/aromatic N) is 7. The number of carbonyl (C=O) groups is 1. The Bertz CT molecular complexity index is 1580. The van der Waals surface area contributed by atoms with Gasteiger partial charge in [0.15, 0.2) is 0 Å². The van der Waals surface area contributed by atoms with Crippen molar-refractivity contribution in [1.82, 2.24) is 19.5 Å². The Morgan fingerprint density at radius 3 is 2.61 bits per heavy atom. The maximum atomic E-state index is 12.3. The highest BCUT2D eigenvalue weighted by Crippen LogP contribution is 2.39. The third kappa shape index (κ3) is 4.15. The van der Waals surface area contributed by atoms with Gasteiger partial charge in [-0.2, -0.15) is 10.4 Å². The van der Waals surface area contributed by atoms with Gasteiger partial charge in [-0.1, -0.05) is 12.6 Å². The SMILES string of the molecule is C=CC(=O)N1CCOc2cc(-c3cc(-c4ccc(N5CCN(C)CC5)nc4)cn4ncc(C#N)c34)ccc21. The van der Waals surface area contributed by atoms with E-state index in [2.05, 4.69) is 52.8 Å². The molecule has 0 N–H and O–H groups in total. The molecule has 190 valence electrons. The van der Waals surface area contributed by atoms with Gasteiger partial charge in [0.05, 0.1) is 29.5 Å². The second-order valence-corrected chi connectivity index (χ2v) is 9.53. The number of piperazine rings is 1. The van der Waals surface area contributed by atoms with Crippen LogP contribution in [0.5, 0.6) is 5.75 Å². The van der Waals surface area contributed by atoms with E-state index in [0.29, 0.717) is 35.7 Å². The summed E-state index contributed by atoms with van der Waals surface area (Å²) < 4.78 is 7.66. The number of anilines is 2. The molecule has 5 heterocycles. The van der Waals surface area contributed by atoms with Gasteiger partial charge >= 0.3 is 0 Å². The van der Waals surface area contributed by atoms with Gasteiger partial charge in [-0.3, -0.25) is 4.79 Å². The van der Waals surface area contributed by atoms with Gasteiger partial charge < -0.3 is 19.4 Å². The van der Waals surface area contributed by atoms with Crippen molar-refractivity contribution in [2.24, 2.45) is 0 Å². The van der Waals surface area contributed by atoms with Crippen molar-refractivity contribution < 1.29 is 9.53 Å². The molecule has 0 aliphatic carbocycles. The zero-order chi connectivity index (χ0) is 26.2. The van der Waals surface area contributed by atoms with Crippen LogP contribution in [-0.2, 0) is 4.79 Å². The van der Waals surface area contributed by atoms with E-state index in [1.54, 1.807) is 15.6 Å². The summed E-state index contributed by atoms with van der Waals surface area (Å²) in [7, 11) is 2.14. The van der Waals surface area contributed by atoms with Gasteiger partial charge in [-0.15, -0.1) is 0 Å². The first kappa shape index (κ1) is 23.7. The van der Waals surface area contributed by atoms with Crippen molar-refractivity contribution in [3.05, 3.63) is 73.2 Å². The van der Waals surface area contributed by atoms with E-state index < -0.39 is 0 Å². The normalized spacial score (nSPS) is 15.6. The standard InChI is InChI=1S/C29H27N7O2/c1-3-28(37)35-12-13-38-26-15-20(4-6-25(26)35)24-14-22(19-36-29(24)23(16-30)18-32-36)21-5-7-27(31-17-21)34-10-8-33(2)9-11-34/h3-7,14-15,17-19H,1,8-13H2,2H3. The monoisotopic (exact) mass is 505 g/mol. The molecule has 0 unspecified atom stereocenters. The number of ether oxygens (including phenoxy) is 1. The first-order valence-corrected chi connectivity index (χ1v) is 12.6. The Hall–Kier alpha value is -4.68. The molecule has 9 nitrogen and oxygen atoms in total. The van der Waals surface area contributed by atoms with Crippen LogP contribution in [0.2, 0.25) is 0 Å². The average Bonchev–Trinajstić information content (AvgIpc) is 3.39. The maximum absolute atomic E-state index is 12.3. The molecule has 0 bridgehead atoms. The summed E-state index contributed by atoms with van der Waals surface area (Å²) in [5, 5.41) is 14.2. The summed E-state index contributed by atoms with van der Waals surface area (Å²) in [6.45, 7) is 8.43. The topological polar surface area (TPSA) is 90.0 Å². The van der Waals surface area contributed by atoms with Crippen molar-refractivity contribution >= 4 is 22.9 Å². The molecule has 3 aromatic heterocycles. The largest absolute Gasteiger partial charge is 0.490 e. The van der Waals surface area contributed by atoms with Crippen molar-refractivity contribution in [2.45, 2.75) is 0 Å². The minimum absolute atomic E-state index is 0.165. The van der Waals surface area contributed by atoms with Crippen LogP contribution in [-0.4, -0.2) is 71.8 Å². The smallest absolute Gasteiger partial charge is 0.250 e. The molecule has 0 atom stereocenters. The summed E-state index contributed by atoms with van der Waals surface area (Å²) in [4.78, 5) is 23.4. The number of hydrogen-bond acceptors (Lipinski definition) is 7. The number of rotatable bonds is 4. The quantitative estimate of drug-likeness (QED) is 0.392. The van der Waals surface area contributed by atoms with Gasteiger partial charge in [0, 0.05) is 55.3 Å². The van der Waals surface area contributed by atoms with Crippen LogP contribution in [0.4, 0.5) is 11.5 Å². The van der Waals surface area contributed by atoms with Crippen molar-refractivity contribution in [2.75, 3.05) is 56.2 Å². The molecular weight excluding hydrogens is 478 g/mol. The highest BCUT2D eigenvalue weighted by molar-refractivity contribution is 6.03. The lowest BCUT2D eigenvalue weighted by Gasteiger charge is -2.33. The zero-order valence-electron chi connectivity index (χ0n) is 21.2. The minimum atomic E-state index is -0.165. The van der Waals surface area contributed by atoms with Crippen LogP contribution in [0.25, 0.3) is 27.8 Å². The molecule has 2 aliphatic heterocycles. The molecule has 38 heavy (non-hydrogen) atoms. The fourth-order valence-electron chi connectivity index (χ4n) is 5.09. The van der Waals surface area contributed by atoms with Crippen LogP contribution in [0.15, 0.2) is 67.6 Å². The number of fused-ring (bicyclic) bond motifs is 2. The third-order valence-corrected chi connectivity index (χ3v) is 7.22. The molecule has 1 saturated heterocycles. The number of pyridine rings is 2. The summed E-state index contributed by atoms with van der Waals surface area (Å²) in [5.74, 6) is 1.42. The van der Waals surface area contributed by atoms with Gasteiger partial charge in [0.25, 0.3) is 5.91 Å². The molecule has 1 fully saturated rings. The number of nitriles is 1. The Morgan fingerprint density at radius 1 is 1.05 bits per heavy atom. The number of benzene rings is 1. The highest BCUT2D eigenvalue weighted by atomic mass is 16.5. The number of aromatic nitrogens is 3. The van der Waals surface area contributed by atoms with E-state index in [1.807, 2.05) is 30.6 Å². The van der Waals surface area contributed by atoms with E-state index in [-0.39, 0.29) is 5.91 Å². The Morgan fingerprint density at radius 2 is 1.87 bits per heavy atom. The zero-order valence-corrected chi connectivity index (χ0v) is 21.2. The van der Waals surface area contributed by atoms with Crippen LogP contribution >= 0.6 is 0 Å². The molecule has 0 saturated carbocycles. The van der Waals surface area contributed by atoms with E-state index in [4.69, 9.17) is 9.72 Å². The lowest BCUT2D eigenvalue weighted by atomic mass is 9.98. The van der Waals surface area contributed by atoms with Crippen LogP contribution in [0.1, 0.15) is 5.56 Å². The van der Waals surface area contributed by atoms with E-state index in [1.165, 1.54) is 6.08 Å². The molecule has 4 aromatic rings. The number of hydrogen-bond donors (Lipinski definition) is 0. The molecule has 1 aromatic carbocycles. The van der Waals surface area contributed by atoms with Gasteiger partial charge in [-0.25, -0.2) is 9.50 Å². The van der Waals surface area contributed by atoms with Crippen LogP contribution in [0.3, 0.4) is 0 Å². The predicted octanol–water partition coefficient (Wildman–Crippen LogP) is 3.60. The van der Waals surface area contributed by atoms with Crippen molar-refractivity contribution in [3.63, 3.8) is 0 Å². The summed E-state index contributed by atoms with van der Waals surface area (Å²) in [6, 6.07) is 14.2. The summed E-state index contributed by atoms with van der Waals surface area (Å²) in [5.41, 5.74) is 5.50. The molecule has 6 rings (SSSR count). The summed E-state index contributed by atoms with van der Waals surface area (Å²) >= 11 is 0. The predicted molar refractivity (Wildman–Crippen MR) is 146 cm³/mol. The van der Waals surface area contributed by atoms with E-state index in [0.717, 1.165) is 54.3 Å². The minimum Gasteiger partial charge on any atom is -0.490 e. The van der Waals surface area contributed by atoms with Crippen LogP contribution in [0, 0.1) is 11.3 Å². The third-order valence-electron chi connectivity index (χ3n) is 7.22. The second-order valence-electron chi connectivity index (χ2n) is 9.53. The van der Waals surface area contributed by atoms with E-state index in [9.17, 15) is 10.1 Å². The van der Waals surface area contributed by atoms with E-state index >= 15 is 0 Å². The van der Waals surface area contributed by atoms with Gasteiger partial charge in [0.1, 0.15) is 24.2 Å². The fourth-order valence-corrected chi connectivity index (χ4v) is 5.09. The molecule has 0 radical (unpaired) electrons. The maximum Gasteiger partial charge on any atom is 0.250 e. The second kappa shape index (κ2) is 9.65. The van der Waals surface area contributed by atoms with Crippen molar-refractivity contribution in [3.8, 4) is 34.1 Å². The summed E-state index contributed by atoms with van der Waals surface area (Å²) in [6.07, 6.45) is 6.70. The molecule has 9 heteroatoms. The molecular formula is C29H27N7O2. The average molecular weight is 506 g/mol. The lowest BCUT2D eigenvalue weighted by Crippen LogP contribution is -2.44. The number of carbonyl (C=O) groups excluding carboxylic acids is 1. The highest BCUT2D eigenvalue weighted by Gasteiger charge is 2.23. The first-order chi connectivity index (χ1) is 18.6. The Balaban J connectivity index is 1.41. The Kier molecular flexibility index (Phi) is 6.02. The Labute approximate surface area is 220 Å². The molecule has 1 amide bonds.